The number of esters is 1. The summed E-state index contributed by atoms with van der Waals surface area (Å²) in [5.74, 6) is 0.663. The molecule has 0 bridgehead atoms. The molecule has 1 N–H and O–H groups in total. The van der Waals surface area contributed by atoms with E-state index in [1.807, 2.05) is 36.0 Å². The molecule has 0 atom stereocenters. The Hall–Kier alpha value is -1.82. The highest BCUT2D eigenvalue weighted by Crippen LogP contribution is 2.25. The number of hydrogen-bond donors (Lipinski definition) is 1. The van der Waals surface area contributed by atoms with E-state index in [4.69, 9.17) is 4.74 Å². The first kappa shape index (κ1) is 15.6. The number of nitrogens with one attached hydrogen (secondary N) is 1. The van der Waals surface area contributed by atoms with Gasteiger partial charge in [0, 0.05) is 10.5 Å². The summed E-state index contributed by atoms with van der Waals surface area (Å²) in [6.45, 7) is 4.27. The highest BCUT2D eigenvalue weighted by atomic mass is 32.2. The lowest BCUT2D eigenvalue weighted by Gasteiger charge is -2.03. The average molecular weight is 305 g/mol. The van der Waals surface area contributed by atoms with E-state index < -0.39 is 5.97 Å². The fraction of sp³-hybridized carbons (Fsp3) is 0.400. The summed E-state index contributed by atoms with van der Waals surface area (Å²) in [5.41, 5.74) is 1.61. The topological polar surface area (TPSA) is 67.9 Å². The van der Waals surface area contributed by atoms with Crippen LogP contribution >= 0.6 is 11.8 Å². The summed E-state index contributed by atoms with van der Waals surface area (Å²) in [4.78, 5) is 13.0. The van der Waals surface area contributed by atoms with E-state index in [0.29, 0.717) is 12.3 Å². The highest BCUT2D eigenvalue weighted by molar-refractivity contribution is 7.99. The molecule has 0 saturated carbocycles. The van der Waals surface area contributed by atoms with Crippen LogP contribution < -0.4 is 0 Å². The molecule has 0 aliphatic heterocycles. The molecule has 0 radical (unpaired) electrons. The number of H-pyrrole nitrogens is 1. The Balaban J connectivity index is 2.12. The van der Waals surface area contributed by atoms with Crippen molar-refractivity contribution in [1.29, 1.82) is 0 Å². The quantitative estimate of drug-likeness (QED) is 0.481. The van der Waals surface area contributed by atoms with Gasteiger partial charge in [0.1, 0.15) is 5.69 Å². The number of aromatic amines is 1. The molecule has 112 valence electrons. The Morgan fingerprint density at radius 1 is 1.24 bits per heavy atom. The zero-order valence-electron chi connectivity index (χ0n) is 12.3. The van der Waals surface area contributed by atoms with Crippen molar-refractivity contribution in [2.75, 3.05) is 12.4 Å². The largest absolute Gasteiger partial charge is 0.461 e. The lowest BCUT2D eigenvalue weighted by molar-refractivity contribution is 0.0520. The third kappa shape index (κ3) is 4.07. The second kappa shape index (κ2) is 7.83. The number of ether oxygens (including phenoxy) is 1. The predicted octanol–water partition coefficient (Wildman–Crippen LogP) is 3.54. The molecule has 0 aliphatic rings. The maximum atomic E-state index is 11.8. The van der Waals surface area contributed by atoms with Gasteiger partial charge in [0.05, 0.1) is 6.61 Å². The third-order valence-electron chi connectivity index (χ3n) is 2.91. The van der Waals surface area contributed by atoms with Gasteiger partial charge in [-0.05, 0) is 31.2 Å². The highest BCUT2D eigenvalue weighted by Gasteiger charge is 2.18. The van der Waals surface area contributed by atoms with Crippen LogP contribution in [0.3, 0.4) is 0 Å². The number of hydrogen-bond acceptors (Lipinski definition) is 5. The number of unbranched alkanes of at least 4 members (excludes halogenated alkanes) is 1. The van der Waals surface area contributed by atoms with Crippen molar-refractivity contribution in [3.63, 3.8) is 0 Å². The van der Waals surface area contributed by atoms with Crippen LogP contribution in [-0.4, -0.2) is 33.7 Å². The van der Waals surface area contributed by atoms with E-state index in [2.05, 4.69) is 22.3 Å². The Kier molecular flexibility index (Phi) is 5.80. The fourth-order valence-corrected chi connectivity index (χ4v) is 2.81. The Labute approximate surface area is 128 Å². The molecule has 0 fully saturated rings. The standard InChI is InChI=1S/C15H19N3O2S/c1-3-5-10-21-12-8-6-11(7-9-12)13-14(17-18-16-13)15(19)20-4-2/h6-9H,3-5,10H2,1-2H3,(H,16,17,18). The van der Waals surface area contributed by atoms with Gasteiger partial charge in [-0.1, -0.05) is 25.5 Å². The Morgan fingerprint density at radius 2 is 2.00 bits per heavy atom. The van der Waals surface area contributed by atoms with E-state index >= 15 is 0 Å². The van der Waals surface area contributed by atoms with Crippen LogP contribution in [0.1, 0.15) is 37.2 Å². The Bertz CT molecular complexity index is 581. The van der Waals surface area contributed by atoms with Crippen molar-refractivity contribution < 1.29 is 9.53 Å². The summed E-state index contributed by atoms with van der Waals surface area (Å²) >= 11 is 1.83. The number of rotatable bonds is 7. The average Bonchev–Trinajstić information content (AvgIpc) is 2.98. The second-order valence-electron chi connectivity index (χ2n) is 4.47. The van der Waals surface area contributed by atoms with Crippen molar-refractivity contribution in [2.24, 2.45) is 0 Å². The van der Waals surface area contributed by atoms with E-state index in [9.17, 15) is 4.79 Å². The van der Waals surface area contributed by atoms with Crippen molar-refractivity contribution in [3.8, 4) is 11.3 Å². The van der Waals surface area contributed by atoms with Crippen LogP contribution in [0.25, 0.3) is 11.3 Å². The van der Waals surface area contributed by atoms with Gasteiger partial charge in [0.25, 0.3) is 0 Å². The normalized spacial score (nSPS) is 10.6. The van der Waals surface area contributed by atoms with E-state index in [1.54, 1.807) is 6.92 Å². The number of benzene rings is 1. The predicted molar refractivity (Wildman–Crippen MR) is 83.4 cm³/mol. The molecule has 21 heavy (non-hydrogen) atoms. The zero-order valence-corrected chi connectivity index (χ0v) is 13.1. The minimum atomic E-state index is -0.456. The molecule has 5 nitrogen and oxygen atoms in total. The van der Waals surface area contributed by atoms with Gasteiger partial charge in [0.2, 0.25) is 0 Å². The summed E-state index contributed by atoms with van der Waals surface area (Å²) in [5, 5.41) is 10.4. The van der Waals surface area contributed by atoms with Crippen LogP contribution in [0.4, 0.5) is 0 Å². The number of carbonyl (C=O) groups excluding carboxylic acids is 1. The first-order valence-electron chi connectivity index (χ1n) is 7.07. The van der Waals surface area contributed by atoms with Gasteiger partial charge >= 0.3 is 5.97 Å². The first-order chi connectivity index (χ1) is 10.3. The van der Waals surface area contributed by atoms with Gasteiger partial charge in [-0.25, -0.2) is 4.79 Å². The molecule has 6 heteroatoms. The number of carbonyl (C=O) groups is 1. The number of thioether (sulfide) groups is 1. The maximum Gasteiger partial charge on any atom is 0.361 e. The molecule has 0 saturated heterocycles. The molecule has 1 aromatic carbocycles. The molecular weight excluding hydrogens is 286 g/mol. The van der Waals surface area contributed by atoms with Crippen LogP contribution in [-0.2, 0) is 4.74 Å². The molecule has 0 amide bonds. The van der Waals surface area contributed by atoms with Crippen molar-refractivity contribution in [3.05, 3.63) is 30.0 Å². The maximum absolute atomic E-state index is 11.8. The van der Waals surface area contributed by atoms with Gasteiger partial charge in [-0.3, -0.25) is 0 Å². The van der Waals surface area contributed by atoms with Crippen LogP contribution in [0.5, 0.6) is 0 Å². The van der Waals surface area contributed by atoms with Crippen molar-refractivity contribution in [1.82, 2.24) is 15.4 Å². The molecule has 1 aromatic heterocycles. The fourth-order valence-electron chi connectivity index (χ4n) is 1.82. The third-order valence-corrected chi connectivity index (χ3v) is 4.01. The van der Waals surface area contributed by atoms with Crippen LogP contribution in [0, 0.1) is 0 Å². The summed E-state index contributed by atoms with van der Waals surface area (Å²) < 4.78 is 4.97. The molecule has 0 unspecified atom stereocenters. The zero-order chi connectivity index (χ0) is 15.1. The SMILES string of the molecule is CCCCSc1ccc(-c2n[nH]nc2C(=O)OCC)cc1. The molecule has 2 aromatic rings. The second-order valence-corrected chi connectivity index (χ2v) is 5.64. The van der Waals surface area contributed by atoms with Gasteiger partial charge in [-0.15, -0.1) is 16.9 Å². The first-order valence-corrected chi connectivity index (χ1v) is 8.06. The molecule has 0 aliphatic carbocycles. The monoisotopic (exact) mass is 305 g/mol. The Morgan fingerprint density at radius 3 is 2.67 bits per heavy atom. The summed E-state index contributed by atoms with van der Waals surface area (Å²) in [6, 6.07) is 7.99. The molecular formula is C15H19N3O2S. The van der Waals surface area contributed by atoms with E-state index in [-0.39, 0.29) is 5.69 Å². The summed E-state index contributed by atoms with van der Waals surface area (Å²) in [7, 11) is 0. The minimum Gasteiger partial charge on any atom is -0.461 e. The molecule has 1 heterocycles. The van der Waals surface area contributed by atoms with E-state index in [1.165, 1.54) is 17.7 Å². The van der Waals surface area contributed by atoms with Gasteiger partial charge in [0.15, 0.2) is 5.69 Å². The van der Waals surface area contributed by atoms with E-state index in [0.717, 1.165) is 11.3 Å². The summed E-state index contributed by atoms with van der Waals surface area (Å²) in [6.07, 6.45) is 2.41. The molecule has 0 spiro atoms. The van der Waals surface area contributed by atoms with Gasteiger partial charge < -0.3 is 4.74 Å². The smallest absolute Gasteiger partial charge is 0.361 e. The van der Waals surface area contributed by atoms with Crippen molar-refractivity contribution >= 4 is 17.7 Å². The number of nitrogens with zero attached hydrogens (tertiary/aromatic N) is 2. The van der Waals surface area contributed by atoms with Crippen molar-refractivity contribution in [2.45, 2.75) is 31.6 Å². The lowest BCUT2D eigenvalue weighted by Crippen LogP contribution is -2.06. The van der Waals surface area contributed by atoms with Crippen LogP contribution in [0.15, 0.2) is 29.2 Å². The van der Waals surface area contributed by atoms with Gasteiger partial charge in [-0.2, -0.15) is 10.3 Å². The molecule has 2 rings (SSSR count). The van der Waals surface area contributed by atoms with Crippen LogP contribution in [0.2, 0.25) is 0 Å². The lowest BCUT2D eigenvalue weighted by atomic mass is 10.1. The number of aromatic nitrogens is 3. The minimum absolute atomic E-state index is 0.225.